The van der Waals surface area contributed by atoms with Gasteiger partial charge in [0.1, 0.15) is 17.3 Å². The van der Waals surface area contributed by atoms with Crippen molar-refractivity contribution in [3.63, 3.8) is 0 Å². The Bertz CT molecular complexity index is 1490. The highest BCUT2D eigenvalue weighted by atomic mass is 16.6. The highest BCUT2D eigenvalue weighted by Crippen LogP contribution is 2.28. The third kappa shape index (κ3) is 6.63. The monoisotopic (exact) mass is 538 g/mol. The van der Waals surface area contributed by atoms with Gasteiger partial charge in [0.25, 0.3) is 0 Å². The first-order chi connectivity index (χ1) is 18.5. The Hall–Kier alpha value is -5.08. The van der Waals surface area contributed by atoms with Crippen molar-refractivity contribution in [2.45, 2.75) is 45.4 Å². The minimum Gasteiger partial charge on any atom is -0.467 e. The molecule has 0 spiro atoms. The molecule has 0 aliphatic heterocycles. The van der Waals surface area contributed by atoms with Crippen LogP contribution in [0, 0.1) is 10.1 Å². The molecule has 0 unspecified atom stereocenters. The molecule has 2 aromatic carbocycles. The lowest BCUT2D eigenvalue weighted by Gasteiger charge is -2.22. The predicted octanol–water partition coefficient (Wildman–Crippen LogP) is 2.93. The zero-order valence-corrected chi connectivity index (χ0v) is 21.6. The summed E-state index contributed by atoms with van der Waals surface area (Å²) >= 11 is 0. The van der Waals surface area contributed by atoms with Gasteiger partial charge in [-0.25, -0.2) is 18.9 Å². The lowest BCUT2D eigenvalue weighted by molar-refractivity contribution is -0.383. The van der Waals surface area contributed by atoms with Crippen molar-refractivity contribution in [3.8, 4) is 5.69 Å². The largest absolute Gasteiger partial charge is 0.467 e. The van der Waals surface area contributed by atoms with E-state index in [-0.39, 0.29) is 29.7 Å². The molecule has 0 aliphatic rings. The summed E-state index contributed by atoms with van der Waals surface area (Å²) in [7, 11) is 1.25. The molecule has 2 heterocycles. The number of hydrogen-bond donors (Lipinski definition) is 2. The van der Waals surface area contributed by atoms with Crippen LogP contribution in [-0.4, -0.2) is 61.0 Å². The number of alkyl carbamates (subject to hydrolysis) is 1. The second kappa shape index (κ2) is 11.1. The van der Waals surface area contributed by atoms with Crippen LogP contribution in [0.4, 0.5) is 16.2 Å². The maximum absolute atomic E-state index is 12.2. The summed E-state index contributed by atoms with van der Waals surface area (Å²) in [5.74, 6) is -0.593. The lowest BCUT2D eigenvalue weighted by atomic mass is 10.1. The van der Waals surface area contributed by atoms with E-state index in [0.717, 1.165) is 5.56 Å². The Morgan fingerprint density at radius 2 is 1.85 bits per heavy atom. The zero-order chi connectivity index (χ0) is 28.2. The second-order valence-electron chi connectivity index (χ2n) is 9.45. The van der Waals surface area contributed by atoms with E-state index in [1.54, 1.807) is 55.9 Å². The third-order valence-electron chi connectivity index (χ3n) is 5.41. The molecular formula is C24H26N8O7. The van der Waals surface area contributed by atoms with E-state index in [2.05, 4.69) is 35.9 Å². The number of amides is 1. The quantitative estimate of drug-likeness (QED) is 0.180. The van der Waals surface area contributed by atoms with Gasteiger partial charge in [0.15, 0.2) is 5.52 Å². The minimum absolute atomic E-state index is 0.0458. The number of carbonyl (C=O) groups is 2. The number of methoxy groups -OCH3 is 1. The molecule has 0 fully saturated rings. The number of nitro benzene ring substituents is 1. The molecule has 39 heavy (non-hydrogen) atoms. The summed E-state index contributed by atoms with van der Waals surface area (Å²) < 4.78 is 16.3. The molecule has 0 aliphatic carbocycles. The Balaban J connectivity index is 1.40. The maximum Gasteiger partial charge on any atom is 0.408 e. The molecule has 1 atom stereocenters. The van der Waals surface area contributed by atoms with Gasteiger partial charge < -0.3 is 20.1 Å². The van der Waals surface area contributed by atoms with E-state index in [0.29, 0.717) is 17.1 Å². The van der Waals surface area contributed by atoms with E-state index in [1.807, 2.05) is 0 Å². The van der Waals surface area contributed by atoms with Crippen molar-refractivity contribution in [2.24, 2.45) is 0 Å². The standard InChI is InChI=1S/C24H26N8O7/c1-24(2,3)38-23(34)26-18(22(33)37-4)11-14-5-7-16(8-6-14)31-13-15(27-30-31)12-25-17-9-10-19(32(35)36)21-20(17)28-39-29-21/h5-10,13,18,25H,11-12H2,1-4H3,(H,26,34)/t18-/m0/s1. The summed E-state index contributed by atoms with van der Waals surface area (Å²) in [6, 6.07) is 9.10. The number of anilines is 1. The van der Waals surface area contributed by atoms with Crippen molar-refractivity contribution in [2.75, 3.05) is 12.4 Å². The number of rotatable bonds is 9. The van der Waals surface area contributed by atoms with Gasteiger partial charge in [0.05, 0.1) is 36.1 Å². The molecule has 4 aromatic rings. The molecular weight excluding hydrogens is 512 g/mol. The number of benzene rings is 2. The van der Waals surface area contributed by atoms with Crippen LogP contribution in [-0.2, 0) is 27.2 Å². The van der Waals surface area contributed by atoms with Crippen molar-refractivity contribution in [1.82, 2.24) is 30.6 Å². The highest BCUT2D eigenvalue weighted by Gasteiger charge is 2.25. The van der Waals surface area contributed by atoms with Gasteiger partial charge in [0.2, 0.25) is 5.52 Å². The SMILES string of the molecule is COC(=O)[C@H](Cc1ccc(-n2cc(CNc3ccc([N+](=O)[O-])c4nonc34)nn2)cc1)NC(=O)OC(C)(C)C. The third-order valence-corrected chi connectivity index (χ3v) is 5.41. The zero-order valence-electron chi connectivity index (χ0n) is 21.6. The number of aromatic nitrogens is 5. The van der Waals surface area contributed by atoms with Crippen LogP contribution in [0.15, 0.2) is 47.2 Å². The van der Waals surface area contributed by atoms with Crippen molar-refractivity contribution in [1.29, 1.82) is 0 Å². The van der Waals surface area contributed by atoms with Crippen LogP contribution in [0.25, 0.3) is 16.7 Å². The molecule has 2 aromatic heterocycles. The number of esters is 1. The van der Waals surface area contributed by atoms with Crippen molar-refractivity contribution >= 4 is 34.5 Å². The number of nitro groups is 1. The normalized spacial score (nSPS) is 12.1. The summed E-state index contributed by atoms with van der Waals surface area (Å²) in [5, 5.41) is 32.5. The van der Waals surface area contributed by atoms with Crippen LogP contribution in [0.1, 0.15) is 32.0 Å². The first-order valence-corrected chi connectivity index (χ1v) is 11.8. The number of fused-ring (bicyclic) bond motifs is 1. The van der Waals surface area contributed by atoms with Gasteiger partial charge in [-0.3, -0.25) is 10.1 Å². The van der Waals surface area contributed by atoms with Crippen molar-refractivity contribution in [3.05, 3.63) is 64.0 Å². The molecule has 0 saturated heterocycles. The number of carbonyl (C=O) groups excluding carboxylic acids is 2. The second-order valence-corrected chi connectivity index (χ2v) is 9.45. The number of hydrogen-bond acceptors (Lipinski definition) is 12. The van der Waals surface area contributed by atoms with Gasteiger partial charge in [-0.2, -0.15) is 0 Å². The fourth-order valence-corrected chi connectivity index (χ4v) is 3.64. The van der Waals surface area contributed by atoms with Gasteiger partial charge in [-0.15, -0.1) is 5.10 Å². The van der Waals surface area contributed by atoms with E-state index < -0.39 is 28.6 Å². The summed E-state index contributed by atoms with van der Waals surface area (Å²) in [5.41, 5.74) is 1.94. The van der Waals surface area contributed by atoms with E-state index in [1.165, 1.54) is 19.2 Å². The maximum atomic E-state index is 12.2. The van der Waals surface area contributed by atoms with Crippen molar-refractivity contribution < 1.29 is 28.6 Å². The van der Waals surface area contributed by atoms with Crippen LogP contribution in [0.5, 0.6) is 0 Å². The number of non-ortho nitro benzene ring substituents is 1. The Morgan fingerprint density at radius 1 is 1.13 bits per heavy atom. The lowest BCUT2D eigenvalue weighted by Crippen LogP contribution is -2.45. The molecule has 4 rings (SSSR count). The smallest absolute Gasteiger partial charge is 0.408 e. The van der Waals surface area contributed by atoms with Crippen LogP contribution < -0.4 is 10.6 Å². The molecule has 15 heteroatoms. The highest BCUT2D eigenvalue weighted by molar-refractivity contribution is 5.93. The first-order valence-electron chi connectivity index (χ1n) is 11.8. The van der Waals surface area contributed by atoms with Crippen LogP contribution in [0.2, 0.25) is 0 Å². The molecule has 1 amide bonds. The van der Waals surface area contributed by atoms with Crippen LogP contribution in [0.3, 0.4) is 0 Å². The molecule has 15 nitrogen and oxygen atoms in total. The molecule has 0 radical (unpaired) electrons. The topological polar surface area (TPSA) is 189 Å². The molecule has 0 bridgehead atoms. The average Bonchev–Trinajstić information content (AvgIpc) is 3.56. The first kappa shape index (κ1) is 27.0. The molecule has 2 N–H and O–H groups in total. The Kier molecular flexibility index (Phi) is 7.69. The fourth-order valence-electron chi connectivity index (χ4n) is 3.64. The van der Waals surface area contributed by atoms with Gasteiger partial charge in [0, 0.05) is 12.5 Å². The number of ether oxygens (including phenoxy) is 2. The fraction of sp³-hybridized carbons (Fsp3) is 0.333. The van der Waals surface area contributed by atoms with E-state index in [4.69, 9.17) is 9.47 Å². The number of nitrogens with zero attached hydrogens (tertiary/aromatic N) is 6. The summed E-state index contributed by atoms with van der Waals surface area (Å²) in [4.78, 5) is 35.0. The summed E-state index contributed by atoms with van der Waals surface area (Å²) in [6.07, 6.45) is 1.19. The van der Waals surface area contributed by atoms with Gasteiger partial charge in [-0.05, 0) is 54.8 Å². The van der Waals surface area contributed by atoms with Crippen LogP contribution >= 0.6 is 0 Å². The predicted molar refractivity (Wildman–Crippen MR) is 136 cm³/mol. The average molecular weight is 539 g/mol. The minimum atomic E-state index is -0.925. The van der Waals surface area contributed by atoms with E-state index >= 15 is 0 Å². The van der Waals surface area contributed by atoms with Gasteiger partial charge in [-0.1, -0.05) is 17.3 Å². The Labute approximate surface area is 221 Å². The molecule has 204 valence electrons. The van der Waals surface area contributed by atoms with Gasteiger partial charge >= 0.3 is 17.7 Å². The molecule has 0 saturated carbocycles. The van der Waals surface area contributed by atoms with E-state index in [9.17, 15) is 19.7 Å². The Morgan fingerprint density at radius 3 is 2.51 bits per heavy atom. The summed E-state index contributed by atoms with van der Waals surface area (Å²) in [6.45, 7) is 5.45. The number of nitrogens with one attached hydrogen (secondary N) is 2.